The summed E-state index contributed by atoms with van der Waals surface area (Å²) in [7, 11) is 0. The Morgan fingerprint density at radius 1 is 0.379 bits per heavy atom. The highest BCUT2D eigenvalue weighted by molar-refractivity contribution is 6.19. The molecule has 4 nitrogen and oxygen atoms in total. The number of hydrogen-bond donors (Lipinski definition) is 0. The Hall–Kier alpha value is -7.56. The lowest BCUT2D eigenvalue weighted by Gasteiger charge is -2.14. The number of hydrogen-bond acceptors (Lipinski definition) is 4. The minimum absolute atomic E-state index is 0.620. The lowest BCUT2D eigenvalue weighted by atomic mass is 9.91. The van der Waals surface area contributed by atoms with E-state index in [-0.39, 0.29) is 0 Å². The third kappa shape index (κ3) is 6.03. The highest BCUT2D eigenvalue weighted by Gasteiger charge is 2.25. The molecule has 0 radical (unpaired) electrons. The predicted octanol–water partition coefficient (Wildman–Crippen LogP) is 13.7. The number of aromatic nitrogens is 4. The first kappa shape index (κ1) is 33.8. The summed E-state index contributed by atoms with van der Waals surface area (Å²) in [5, 5.41) is 2.69. The largest absolute Gasteiger partial charge is 0.264 e. The smallest absolute Gasteiger partial charge is 0.164 e. The summed E-state index contributed by atoms with van der Waals surface area (Å²) < 4.78 is 0. The molecule has 272 valence electrons. The van der Waals surface area contributed by atoms with Crippen molar-refractivity contribution < 1.29 is 0 Å². The molecule has 0 N–H and O–H groups in total. The number of rotatable bonds is 7. The van der Waals surface area contributed by atoms with E-state index in [9.17, 15) is 0 Å². The van der Waals surface area contributed by atoms with Gasteiger partial charge in [-0.05, 0) is 115 Å². The fraction of sp³-hybridized carbons (Fsp3) is 0.0370. The van der Waals surface area contributed by atoms with Crippen LogP contribution in [0.1, 0.15) is 24.0 Å². The van der Waals surface area contributed by atoms with Gasteiger partial charge in [0.05, 0.1) is 0 Å². The molecule has 0 saturated heterocycles. The minimum Gasteiger partial charge on any atom is -0.264 e. The number of fused-ring (bicyclic) bond motifs is 2. The molecular formula is C54H36N4. The van der Waals surface area contributed by atoms with Crippen LogP contribution in [0.4, 0.5) is 0 Å². The molecule has 7 aromatic carbocycles. The van der Waals surface area contributed by atoms with Gasteiger partial charge >= 0.3 is 0 Å². The van der Waals surface area contributed by atoms with Crippen molar-refractivity contribution in [3.8, 4) is 78.7 Å². The third-order valence-electron chi connectivity index (χ3n) is 11.4. The van der Waals surface area contributed by atoms with Crippen LogP contribution in [0, 0.1) is 0 Å². The third-order valence-corrected chi connectivity index (χ3v) is 11.4. The fourth-order valence-corrected chi connectivity index (χ4v) is 8.61. The van der Waals surface area contributed by atoms with Crippen LogP contribution in [0.3, 0.4) is 0 Å². The van der Waals surface area contributed by atoms with Gasteiger partial charge in [0.1, 0.15) is 0 Å². The summed E-state index contributed by atoms with van der Waals surface area (Å²) in [4.78, 5) is 19.6. The van der Waals surface area contributed by atoms with E-state index in [0.717, 1.165) is 62.9 Å². The van der Waals surface area contributed by atoms with E-state index in [1.54, 1.807) is 0 Å². The average molecular weight is 741 g/mol. The summed E-state index contributed by atoms with van der Waals surface area (Å²) >= 11 is 0. The van der Waals surface area contributed by atoms with Crippen LogP contribution >= 0.6 is 0 Å². The molecular weight excluding hydrogens is 705 g/mol. The Morgan fingerprint density at radius 3 is 1.66 bits per heavy atom. The first-order valence-corrected chi connectivity index (χ1v) is 19.8. The van der Waals surface area contributed by atoms with E-state index in [4.69, 9.17) is 15.0 Å². The number of benzene rings is 7. The molecule has 0 amide bonds. The number of nitrogens with zero attached hydrogens (tertiary/aromatic N) is 4. The molecule has 0 saturated carbocycles. The molecule has 11 rings (SSSR count). The van der Waals surface area contributed by atoms with E-state index in [1.165, 1.54) is 44.2 Å². The van der Waals surface area contributed by atoms with Gasteiger partial charge in [-0.1, -0.05) is 152 Å². The first-order chi connectivity index (χ1) is 28.7. The van der Waals surface area contributed by atoms with E-state index in [2.05, 4.69) is 120 Å². The zero-order valence-corrected chi connectivity index (χ0v) is 31.7. The van der Waals surface area contributed by atoms with E-state index in [1.807, 2.05) is 79.1 Å². The number of pyridine rings is 1. The molecule has 4 heteroatoms. The Kier molecular flexibility index (Phi) is 8.25. The second-order valence-electron chi connectivity index (χ2n) is 15.0. The average Bonchev–Trinajstić information content (AvgIpc) is 3.64. The van der Waals surface area contributed by atoms with Crippen molar-refractivity contribution in [3.63, 3.8) is 0 Å². The van der Waals surface area contributed by atoms with Gasteiger partial charge in [0.15, 0.2) is 17.5 Å². The van der Waals surface area contributed by atoms with Gasteiger partial charge in [0.25, 0.3) is 0 Å². The molecule has 0 bridgehead atoms. The van der Waals surface area contributed by atoms with E-state index < -0.39 is 0 Å². The van der Waals surface area contributed by atoms with Gasteiger partial charge in [-0.15, -0.1) is 0 Å². The maximum atomic E-state index is 5.12. The lowest BCUT2D eigenvalue weighted by molar-refractivity contribution is 1.06. The fourth-order valence-electron chi connectivity index (χ4n) is 8.61. The van der Waals surface area contributed by atoms with Crippen molar-refractivity contribution in [2.24, 2.45) is 0 Å². The van der Waals surface area contributed by atoms with Crippen molar-refractivity contribution in [2.75, 3.05) is 0 Å². The second kappa shape index (κ2) is 14.2. The molecule has 9 aromatic rings. The van der Waals surface area contributed by atoms with Crippen molar-refractivity contribution in [1.29, 1.82) is 0 Å². The van der Waals surface area contributed by atoms with Crippen LogP contribution in [0.25, 0.3) is 101 Å². The normalized spacial score (nSPS) is 12.9. The van der Waals surface area contributed by atoms with Gasteiger partial charge in [-0.25, -0.2) is 15.0 Å². The quantitative estimate of drug-likeness (QED) is 0.163. The highest BCUT2D eigenvalue weighted by atomic mass is 15.0. The van der Waals surface area contributed by atoms with Crippen molar-refractivity contribution in [1.82, 2.24) is 19.9 Å². The molecule has 58 heavy (non-hydrogen) atoms. The Bertz CT molecular complexity index is 3020. The first-order valence-electron chi connectivity index (χ1n) is 19.8. The van der Waals surface area contributed by atoms with Crippen molar-refractivity contribution in [2.45, 2.75) is 12.8 Å². The van der Waals surface area contributed by atoms with Gasteiger partial charge in [-0.2, -0.15) is 0 Å². The van der Waals surface area contributed by atoms with E-state index >= 15 is 0 Å². The molecule has 0 fully saturated rings. The SMILES string of the molecule is C1=CC2=C(CC1)c1cccc3c(-c4ccc(-c5cc(-c6cccc(-c7cccnc7)c6)cc(-c6nc(-c7ccccc7)nc(-c7ccccc7)n6)c5)cc4)ccc2c13. The molecule has 2 heterocycles. The number of allylic oxidation sites excluding steroid dienone is 4. The zero-order chi connectivity index (χ0) is 38.4. The van der Waals surface area contributed by atoms with Gasteiger partial charge in [0, 0.05) is 34.6 Å². The molecule has 0 unspecified atom stereocenters. The Balaban J connectivity index is 1.05. The van der Waals surface area contributed by atoms with Gasteiger partial charge < -0.3 is 0 Å². The molecule has 0 atom stereocenters. The molecule has 2 aliphatic rings. The second-order valence-corrected chi connectivity index (χ2v) is 15.0. The van der Waals surface area contributed by atoms with Crippen molar-refractivity contribution >= 4 is 21.9 Å². The summed E-state index contributed by atoms with van der Waals surface area (Å²) in [5.41, 5.74) is 17.4. The maximum absolute atomic E-state index is 5.12. The van der Waals surface area contributed by atoms with E-state index in [0.29, 0.717) is 17.5 Å². The van der Waals surface area contributed by atoms with Crippen LogP contribution in [-0.2, 0) is 0 Å². The molecule has 0 spiro atoms. The van der Waals surface area contributed by atoms with Crippen LogP contribution in [0.5, 0.6) is 0 Å². The Labute approximate surface area is 337 Å². The van der Waals surface area contributed by atoms with Gasteiger partial charge in [0.2, 0.25) is 0 Å². The standard InChI is InChI=1S/C54H36N4/c1-3-12-37(13-4-1)52-56-53(38-14-5-2-6-15-38)58-54(57-52)44-32-42(31-43(33-44)40-17-9-16-39(30-40)41-18-11-29-55-34-41)35-23-25-36(26-24-35)45-27-28-50-47-20-8-7-19-46(47)49-22-10-21-48(45)51(49)50/h1-6,8-18,20-34H,7,19H2. The highest BCUT2D eigenvalue weighted by Crippen LogP contribution is 2.48. The minimum atomic E-state index is 0.620. The summed E-state index contributed by atoms with van der Waals surface area (Å²) in [6.07, 6.45) is 10.6. The Morgan fingerprint density at radius 2 is 0.948 bits per heavy atom. The molecule has 0 aliphatic heterocycles. The summed E-state index contributed by atoms with van der Waals surface area (Å²) in [5.74, 6) is 1.89. The predicted molar refractivity (Wildman–Crippen MR) is 238 cm³/mol. The lowest BCUT2D eigenvalue weighted by Crippen LogP contribution is -2.00. The topological polar surface area (TPSA) is 51.6 Å². The van der Waals surface area contributed by atoms with Crippen LogP contribution in [-0.4, -0.2) is 19.9 Å². The molecule has 2 aromatic heterocycles. The molecule has 2 aliphatic carbocycles. The van der Waals surface area contributed by atoms with Crippen LogP contribution < -0.4 is 0 Å². The summed E-state index contributed by atoms with van der Waals surface area (Å²) in [6.45, 7) is 0. The van der Waals surface area contributed by atoms with Crippen LogP contribution in [0.2, 0.25) is 0 Å². The summed E-state index contributed by atoms with van der Waals surface area (Å²) in [6, 6.07) is 60.2. The van der Waals surface area contributed by atoms with Crippen LogP contribution in [0.15, 0.2) is 194 Å². The maximum Gasteiger partial charge on any atom is 0.164 e. The van der Waals surface area contributed by atoms with Crippen molar-refractivity contribution in [3.05, 3.63) is 206 Å². The monoisotopic (exact) mass is 740 g/mol. The zero-order valence-electron chi connectivity index (χ0n) is 31.7. The van der Waals surface area contributed by atoms with Gasteiger partial charge in [-0.3, -0.25) is 4.98 Å².